The summed E-state index contributed by atoms with van der Waals surface area (Å²) < 4.78 is 4.34. The van der Waals surface area contributed by atoms with E-state index in [-0.39, 0.29) is 5.57 Å². The third kappa shape index (κ3) is 2.91. The highest BCUT2D eigenvalue weighted by atomic mass is 16.6. The standard InChI is InChI=1S/C7H10O3/c1-4-6(8)10-7(9)5(2)3/h4,8H,2H2,1,3H3. The molecular weight excluding hydrogens is 132 g/mol. The number of carbonyl (C=O) groups is 1. The molecule has 3 heteroatoms. The average molecular weight is 142 g/mol. The van der Waals surface area contributed by atoms with E-state index < -0.39 is 11.9 Å². The number of rotatable bonds is 2. The molecule has 0 rings (SSSR count). The fraction of sp³-hybridized carbons (Fsp3) is 0.286. The number of allylic oxidation sites excluding steroid dienone is 1. The Labute approximate surface area is 59.6 Å². The summed E-state index contributed by atoms with van der Waals surface area (Å²) >= 11 is 0. The molecule has 0 aliphatic heterocycles. The van der Waals surface area contributed by atoms with Crippen LogP contribution in [0, 0.1) is 0 Å². The molecule has 0 atom stereocenters. The zero-order valence-electron chi connectivity index (χ0n) is 6.05. The second-order valence-electron chi connectivity index (χ2n) is 1.80. The molecule has 10 heavy (non-hydrogen) atoms. The van der Waals surface area contributed by atoms with Crippen LogP contribution < -0.4 is 0 Å². The summed E-state index contributed by atoms with van der Waals surface area (Å²) in [5.74, 6) is -1.01. The highest BCUT2D eigenvalue weighted by molar-refractivity contribution is 5.87. The number of hydrogen-bond acceptors (Lipinski definition) is 3. The van der Waals surface area contributed by atoms with Crippen molar-refractivity contribution in [2.45, 2.75) is 13.8 Å². The van der Waals surface area contributed by atoms with E-state index in [2.05, 4.69) is 11.3 Å². The van der Waals surface area contributed by atoms with Crippen LogP contribution in [-0.2, 0) is 9.53 Å². The minimum atomic E-state index is -0.615. The maximum Gasteiger partial charge on any atom is 0.340 e. The van der Waals surface area contributed by atoms with Gasteiger partial charge >= 0.3 is 5.97 Å². The first-order valence-corrected chi connectivity index (χ1v) is 2.81. The van der Waals surface area contributed by atoms with Crippen molar-refractivity contribution in [3.8, 4) is 0 Å². The van der Waals surface area contributed by atoms with Crippen molar-refractivity contribution in [2.75, 3.05) is 0 Å². The van der Waals surface area contributed by atoms with Gasteiger partial charge in [0.05, 0.1) is 0 Å². The van der Waals surface area contributed by atoms with Gasteiger partial charge in [0.15, 0.2) is 0 Å². The zero-order chi connectivity index (χ0) is 8.15. The highest BCUT2D eigenvalue weighted by Gasteiger charge is 2.03. The molecule has 0 aromatic heterocycles. The van der Waals surface area contributed by atoms with E-state index in [4.69, 9.17) is 5.11 Å². The Morgan fingerprint density at radius 3 is 2.50 bits per heavy atom. The molecule has 0 aromatic carbocycles. The van der Waals surface area contributed by atoms with Crippen molar-refractivity contribution < 1.29 is 14.6 Å². The van der Waals surface area contributed by atoms with Crippen LogP contribution in [0.1, 0.15) is 13.8 Å². The quantitative estimate of drug-likeness (QED) is 0.361. The first-order chi connectivity index (χ1) is 4.57. The van der Waals surface area contributed by atoms with Crippen molar-refractivity contribution in [1.82, 2.24) is 0 Å². The smallest absolute Gasteiger partial charge is 0.340 e. The molecule has 0 fully saturated rings. The summed E-state index contributed by atoms with van der Waals surface area (Å²) in [7, 11) is 0. The topological polar surface area (TPSA) is 46.5 Å². The van der Waals surface area contributed by atoms with E-state index in [9.17, 15) is 4.79 Å². The minimum absolute atomic E-state index is 0.258. The third-order valence-electron chi connectivity index (χ3n) is 0.793. The Bertz CT molecular complexity index is 179. The van der Waals surface area contributed by atoms with Crippen LogP contribution in [0.5, 0.6) is 0 Å². The molecule has 0 saturated heterocycles. The van der Waals surface area contributed by atoms with Crippen LogP contribution in [0.15, 0.2) is 24.2 Å². The Kier molecular flexibility index (Phi) is 3.25. The maximum atomic E-state index is 10.6. The van der Waals surface area contributed by atoms with Gasteiger partial charge in [0.2, 0.25) is 0 Å². The molecule has 0 bridgehead atoms. The largest absolute Gasteiger partial charge is 0.481 e. The van der Waals surface area contributed by atoms with Gasteiger partial charge in [-0.25, -0.2) is 4.79 Å². The summed E-state index contributed by atoms with van der Waals surface area (Å²) in [5.41, 5.74) is 0.258. The number of ether oxygens (including phenoxy) is 1. The van der Waals surface area contributed by atoms with E-state index in [1.54, 1.807) is 6.92 Å². The molecule has 0 saturated carbocycles. The molecule has 1 N–H and O–H groups in total. The van der Waals surface area contributed by atoms with Crippen LogP contribution in [0.2, 0.25) is 0 Å². The van der Waals surface area contributed by atoms with Gasteiger partial charge in [-0.05, 0) is 19.9 Å². The molecule has 56 valence electrons. The lowest BCUT2D eigenvalue weighted by Crippen LogP contribution is -2.03. The number of aliphatic hydroxyl groups is 1. The highest BCUT2D eigenvalue weighted by Crippen LogP contribution is 1.97. The Morgan fingerprint density at radius 1 is 1.70 bits per heavy atom. The van der Waals surface area contributed by atoms with Gasteiger partial charge in [0, 0.05) is 5.57 Å². The fourth-order valence-corrected chi connectivity index (χ4v) is 0.241. The van der Waals surface area contributed by atoms with Gasteiger partial charge in [0.25, 0.3) is 5.95 Å². The van der Waals surface area contributed by atoms with Gasteiger partial charge in [-0.1, -0.05) is 6.58 Å². The van der Waals surface area contributed by atoms with E-state index >= 15 is 0 Å². The number of aliphatic hydroxyl groups excluding tert-OH is 1. The Balaban J connectivity index is 3.93. The summed E-state index contributed by atoms with van der Waals surface area (Å²) in [5, 5.41) is 8.65. The molecule has 0 aromatic rings. The summed E-state index contributed by atoms with van der Waals surface area (Å²) in [6, 6.07) is 0. The van der Waals surface area contributed by atoms with Gasteiger partial charge in [-0.2, -0.15) is 0 Å². The lowest BCUT2D eigenvalue weighted by atomic mass is 10.4. The van der Waals surface area contributed by atoms with Crippen molar-refractivity contribution in [3.05, 3.63) is 24.2 Å². The fourth-order valence-electron chi connectivity index (χ4n) is 0.241. The minimum Gasteiger partial charge on any atom is -0.481 e. The van der Waals surface area contributed by atoms with Crippen LogP contribution >= 0.6 is 0 Å². The predicted octanol–water partition coefficient (Wildman–Crippen LogP) is 1.52. The Hall–Kier alpha value is -1.25. The van der Waals surface area contributed by atoms with E-state index in [1.807, 2.05) is 0 Å². The number of carbonyl (C=O) groups excluding carboxylic acids is 1. The van der Waals surface area contributed by atoms with Crippen LogP contribution in [0.4, 0.5) is 0 Å². The van der Waals surface area contributed by atoms with E-state index in [1.165, 1.54) is 13.0 Å². The average Bonchev–Trinajstić information content (AvgIpc) is 1.87. The zero-order valence-corrected chi connectivity index (χ0v) is 6.05. The molecule has 0 radical (unpaired) electrons. The van der Waals surface area contributed by atoms with Crippen molar-refractivity contribution in [3.63, 3.8) is 0 Å². The lowest BCUT2D eigenvalue weighted by Gasteiger charge is -1.99. The van der Waals surface area contributed by atoms with Crippen molar-refractivity contribution >= 4 is 5.97 Å². The first kappa shape index (κ1) is 8.75. The monoisotopic (exact) mass is 142 g/mol. The van der Waals surface area contributed by atoms with Crippen molar-refractivity contribution in [1.29, 1.82) is 0 Å². The van der Waals surface area contributed by atoms with E-state index in [0.717, 1.165) is 0 Å². The summed E-state index contributed by atoms with van der Waals surface area (Å²) in [6.07, 6.45) is 1.28. The maximum absolute atomic E-state index is 10.6. The lowest BCUT2D eigenvalue weighted by molar-refractivity contribution is -0.138. The third-order valence-corrected chi connectivity index (χ3v) is 0.793. The number of esters is 1. The molecular formula is C7H10O3. The molecule has 3 nitrogen and oxygen atoms in total. The van der Waals surface area contributed by atoms with Crippen LogP contribution in [0.3, 0.4) is 0 Å². The van der Waals surface area contributed by atoms with Gasteiger partial charge in [-0.3, -0.25) is 0 Å². The van der Waals surface area contributed by atoms with Crippen LogP contribution in [-0.4, -0.2) is 11.1 Å². The molecule has 0 aliphatic rings. The summed E-state index contributed by atoms with van der Waals surface area (Å²) in [4.78, 5) is 10.6. The van der Waals surface area contributed by atoms with Gasteiger partial charge < -0.3 is 9.84 Å². The molecule has 0 spiro atoms. The normalized spacial score (nSPS) is 10.8. The second kappa shape index (κ2) is 3.71. The Morgan fingerprint density at radius 2 is 2.20 bits per heavy atom. The number of hydrogen-bond donors (Lipinski definition) is 1. The molecule has 0 heterocycles. The molecule has 0 unspecified atom stereocenters. The van der Waals surface area contributed by atoms with Crippen molar-refractivity contribution in [2.24, 2.45) is 0 Å². The first-order valence-electron chi connectivity index (χ1n) is 2.81. The molecule has 0 aliphatic carbocycles. The van der Waals surface area contributed by atoms with Gasteiger partial charge in [0.1, 0.15) is 0 Å². The van der Waals surface area contributed by atoms with Gasteiger partial charge in [-0.15, -0.1) is 0 Å². The van der Waals surface area contributed by atoms with Crippen LogP contribution in [0.25, 0.3) is 0 Å². The molecule has 0 amide bonds. The SMILES string of the molecule is C=C(C)C(=O)OC(O)=CC. The summed E-state index contributed by atoms with van der Waals surface area (Å²) in [6.45, 7) is 6.39. The van der Waals surface area contributed by atoms with E-state index in [0.29, 0.717) is 0 Å². The second-order valence-corrected chi connectivity index (χ2v) is 1.80. The predicted molar refractivity (Wildman–Crippen MR) is 37.3 cm³/mol.